The van der Waals surface area contributed by atoms with Crippen molar-refractivity contribution in [3.63, 3.8) is 0 Å². The Kier molecular flexibility index (Phi) is 7.65. The number of rotatable bonds is 6. The molecule has 1 unspecified atom stereocenters. The minimum Gasteiger partial charge on any atom is -0.356 e. The standard InChI is InChI=1S/C16H33N5O/c1-13(12-21-8-6-7-9-21)10-18-15(17-5)19-11-14(22)20-16(2,3)4/h13H,6-12H2,1-5H3,(H,20,22)(H2,17,18,19). The maximum absolute atomic E-state index is 11.8. The highest BCUT2D eigenvalue weighted by atomic mass is 16.2. The number of aliphatic imine (C=N–C) groups is 1. The monoisotopic (exact) mass is 311 g/mol. The minimum atomic E-state index is -0.208. The summed E-state index contributed by atoms with van der Waals surface area (Å²) >= 11 is 0. The first-order valence-corrected chi connectivity index (χ1v) is 8.28. The van der Waals surface area contributed by atoms with Crippen LogP contribution in [0, 0.1) is 5.92 Å². The lowest BCUT2D eigenvalue weighted by Crippen LogP contribution is -2.48. The van der Waals surface area contributed by atoms with Crippen LogP contribution in [0.2, 0.25) is 0 Å². The van der Waals surface area contributed by atoms with Gasteiger partial charge in [0, 0.05) is 25.7 Å². The SMILES string of the molecule is CN=C(NCC(=O)NC(C)(C)C)NCC(C)CN1CCCC1. The molecule has 1 heterocycles. The molecule has 3 N–H and O–H groups in total. The molecule has 0 saturated carbocycles. The highest BCUT2D eigenvalue weighted by molar-refractivity contribution is 5.86. The van der Waals surface area contributed by atoms with Crippen molar-refractivity contribution in [1.82, 2.24) is 20.9 Å². The lowest BCUT2D eigenvalue weighted by molar-refractivity contribution is -0.121. The summed E-state index contributed by atoms with van der Waals surface area (Å²) in [6, 6.07) is 0. The first kappa shape index (κ1) is 18.7. The van der Waals surface area contributed by atoms with Gasteiger partial charge in [-0.25, -0.2) is 0 Å². The largest absolute Gasteiger partial charge is 0.356 e. The second-order valence-corrected chi connectivity index (χ2v) is 7.22. The van der Waals surface area contributed by atoms with Gasteiger partial charge in [0.05, 0.1) is 6.54 Å². The molecule has 1 aliphatic heterocycles. The molecule has 1 fully saturated rings. The van der Waals surface area contributed by atoms with Crippen LogP contribution in [0.1, 0.15) is 40.5 Å². The lowest BCUT2D eigenvalue weighted by Gasteiger charge is -2.22. The van der Waals surface area contributed by atoms with Gasteiger partial charge in [0.25, 0.3) is 0 Å². The Morgan fingerprint density at radius 2 is 1.86 bits per heavy atom. The molecule has 1 atom stereocenters. The summed E-state index contributed by atoms with van der Waals surface area (Å²) in [7, 11) is 1.72. The van der Waals surface area contributed by atoms with Gasteiger partial charge < -0.3 is 20.9 Å². The topological polar surface area (TPSA) is 68.8 Å². The molecule has 0 aliphatic carbocycles. The quantitative estimate of drug-likeness (QED) is 0.501. The average molecular weight is 311 g/mol. The summed E-state index contributed by atoms with van der Waals surface area (Å²) in [5.74, 6) is 1.21. The zero-order chi connectivity index (χ0) is 16.6. The maximum Gasteiger partial charge on any atom is 0.239 e. The second kappa shape index (κ2) is 8.98. The van der Waals surface area contributed by atoms with Gasteiger partial charge in [-0.15, -0.1) is 0 Å². The third-order valence-electron chi connectivity index (χ3n) is 3.54. The molecular formula is C16H33N5O. The van der Waals surface area contributed by atoms with Crippen molar-refractivity contribution in [1.29, 1.82) is 0 Å². The van der Waals surface area contributed by atoms with Crippen LogP contribution in [0.3, 0.4) is 0 Å². The van der Waals surface area contributed by atoms with E-state index in [2.05, 4.69) is 32.8 Å². The number of guanidine groups is 1. The molecule has 0 aromatic rings. The van der Waals surface area contributed by atoms with Crippen molar-refractivity contribution in [2.24, 2.45) is 10.9 Å². The Balaban J connectivity index is 2.22. The molecule has 0 aromatic carbocycles. The van der Waals surface area contributed by atoms with Crippen molar-refractivity contribution in [2.75, 3.05) is 39.8 Å². The van der Waals surface area contributed by atoms with Crippen LogP contribution in [0.15, 0.2) is 4.99 Å². The molecule has 0 aromatic heterocycles. The molecular weight excluding hydrogens is 278 g/mol. The van der Waals surface area contributed by atoms with Crippen LogP contribution in [0.25, 0.3) is 0 Å². The predicted octanol–water partition coefficient (Wildman–Crippen LogP) is 0.798. The fourth-order valence-electron chi connectivity index (χ4n) is 2.59. The van der Waals surface area contributed by atoms with E-state index < -0.39 is 0 Å². The number of nitrogens with zero attached hydrogens (tertiary/aromatic N) is 2. The van der Waals surface area contributed by atoms with E-state index in [1.165, 1.54) is 25.9 Å². The first-order valence-electron chi connectivity index (χ1n) is 8.28. The van der Waals surface area contributed by atoms with E-state index in [0.29, 0.717) is 11.9 Å². The van der Waals surface area contributed by atoms with Crippen molar-refractivity contribution in [3.8, 4) is 0 Å². The Hall–Kier alpha value is -1.30. The Morgan fingerprint density at radius 1 is 1.23 bits per heavy atom. The maximum atomic E-state index is 11.8. The van der Waals surface area contributed by atoms with Crippen LogP contribution in [-0.2, 0) is 4.79 Å². The number of carbonyl (C=O) groups is 1. The predicted molar refractivity (Wildman–Crippen MR) is 92.1 cm³/mol. The zero-order valence-corrected chi connectivity index (χ0v) is 14.8. The van der Waals surface area contributed by atoms with Gasteiger partial charge in [0.2, 0.25) is 5.91 Å². The third-order valence-corrected chi connectivity index (χ3v) is 3.54. The summed E-state index contributed by atoms with van der Waals surface area (Å²) in [5, 5.41) is 9.27. The first-order chi connectivity index (χ1) is 10.3. The van der Waals surface area contributed by atoms with E-state index in [1.54, 1.807) is 7.05 Å². The Labute approximate surface area is 135 Å². The third kappa shape index (κ3) is 8.22. The average Bonchev–Trinajstić information content (AvgIpc) is 2.89. The summed E-state index contributed by atoms with van der Waals surface area (Å²) in [5.41, 5.74) is -0.208. The Bertz CT molecular complexity index is 369. The molecule has 6 nitrogen and oxygen atoms in total. The molecule has 6 heteroatoms. The highest BCUT2D eigenvalue weighted by Crippen LogP contribution is 2.09. The van der Waals surface area contributed by atoms with Gasteiger partial charge in [-0.05, 0) is 52.6 Å². The van der Waals surface area contributed by atoms with Gasteiger partial charge in [0.1, 0.15) is 0 Å². The van der Waals surface area contributed by atoms with Gasteiger partial charge in [-0.3, -0.25) is 9.79 Å². The summed E-state index contributed by atoms with van der Waals surface area (Å²) in [4.78, 5) is 18.5. The molecule has 128 valence electrons. The van der Waals surface area contributed by atoms with E-state index >= 15 is 0 Å². The van der Waals surface area contributed by atoms with Crippen molar-refractivity contribution >= 4 is 11.9 Å². The second-order valence-electron chi connectivity index (χ2n) is 7.22. The fraction of sp³-hybridized carbons (Fsp3) is 0.875. The van der Waals surface area contributed by atoms with Gasteiger partial charge in [0.15, 0.2) is 5.96 Å². The molecule has 0 spiro atoms. The minimum absolute atomic E-state index is 0.0273. The summed E-state index contributed by atoms with van der Waals surface area (Å²) < 4.78 is 0. The summed E-state index contributed by atoms with van der Waals surface area (Å²) in [6.45, 7) is 12.8. The van der Waals surface area contributed by atoms with Gasteiger partial charge >= 0.3 is 0 Å². The molecule has 0 radical (unpaired) electrons. The number of nitrogens with one attached hydrogen (secondary N) is 3. The van der Waals surface area contributed by atoms with E-state index in [4.69, 9.17) is 0 Å². The molecule has 0 bridgehead atoms. The van der Waals surface area contributed by atoms with Crippen LogP contribution < -0.4 is 16.0 Å². The lowest BCUT2D eigenvalue weighted by atomic mass is 10.1. The number of likely N-dealkylation sites (tertiary alicyclic amines) is 1. The van der Waals surface area contributed by atoms with Gasteiger partial charge in [-0.1, -0.05) is 6.92 Å². The summed E-state index contributed by atoms with van der Waals surface area (Å²) in [6.07, 6.45) is 2.65. The normalized spacial score (nSPS) is 18.1. The van der Waals surface area contributed by atoms with E-state index in [0.717, 1.165) is 13.1 Å². The number of amides is 1. The molecule has 1 saturated heterocycles. The smallest absolute Gasteiger partial charge is 0.239 e. The van der Waals surface area contributed by atoms with E-state index in [1.807, 2.05) is 20.8 Å². The van der Waals surface area contributed by atoms with Crippen molar-refractivity contribution in [2.45, 2.75) is 46.1 Å². The molecule has 1 aliphatic rings. The Morgan fingerprint density at radius 3 is 2.41 bits per heavy atom. The van der Waals surface area contributed by atoms with E-state index in [9.17, 15) is 4.79 Å². The van der Waals surface area contributed by atoms with Crippen molar-refractivity contribution < 1.29 is 4.79 Å². The van der Waals surface area contributed by atoms with E-state index in [-0.39, 0.29) is 18.0 Å². The highest BCUT2D eigenvalue weighted by Gasteiger charge is 2.16. The van der Waals surface area contributed by atoms with Crippen LogP contribution >= 0.6 is 0 Å². The fourth-order valence-corrected chi connectivity index (χ4v) is 2.59. The van der Waals surface area contributed by atoms with Crippen molar-refractivity contribution in [3.05, 3.63) is 0 Å². The van der Waals surface area contributed by atoms with Crippen LogP contribution in [-0.4, -0.2) is 62.1 Å². The molecule has 1 amide bonds. The van der Waals surface area contributed by atoms with Crippen LogP contribution in [0.4, 0.5) is 0 Å². The zero-order valence-electron chi connectivity index (χ0n) is 14.8. The molecule has 1 rings (SSSR count). The van der Waals surface area contributed by atoms with Gasteiger partial charge in [-0.2, -0.15) is 0 Å². The number of hydrogen-bond donors (Lipinski definition) is 3. The van der Waals surface area contributed by atoms with Crippen LogP contribution in [0.5, 0.6) is 0 Å². The number of carbonyl (C=O) groups excluding carboxylic acids is 1. The molecule has 22 heavy (non-hydrogen) atoms. The number of hydrogen-bond acceptors (Lipinski definition) is 3.